The molecule has 0 radical (unpaired) electrons. The van der Waals surface area contributed by atoms with Crippen molar-refractivity contribution in [2.75, 3.05) is 56.8 Å². The molecule has 1 atom stereocenters. The van der Waals surface area contributed by atoms with Gasteiger partial charge in [-0.25, -0.2) is 9.78 Å². The van der Waals surface area contributed by atoms with Gasteiger partial charge in [-0.2, -0.15) is 0 Å². The summed E-state index contributed by atoms with van der Waals surface area (Å²) < 4.78 is 22.4. The number of aromatic nitrogens is 1. The van der Waals surface area contributed by atoms with Crippen LogP contribution >= 0.6 is 11.3 Å². The molecular formula is C17H21N3O5S. The van der Waals surface area contributed by atoms with Crippen LogP contribution in [0.2, 0.25) is 0 Å². The number of thiazole rings is 1. The largest absolute Gasteiger partial charge is 0.494 e. The Kier molecular flexibility index (Phi) is 5.09. The lowest BCUT2D eigenvalue weighted by Gasteiger charge is -2.29. The van der Waals surface area contributed by atoms with Crippen LogP contribution in [-0.2, 0) is 14.2 Å². The van der Waals surface area contributed by atoms with Gasteiger partial charge < -0.3 is 23.8 Å². The van der Waals surface area contributed by atoms with Crippen molar-refractivity contribution in [3.8, 4) is 5.75 Å². The van der Waals surface area contributed by atoms with Crippen LogP contribution in [0.5, 0.6) is 5.75 Å². The smallest absolute Gasteiger partial charge is 0.413 e. The molecule has 1 aromatic carbocycles. The van der Waals surface area contributed by atoms with E-state index in [0.717, 1.165) is 35.4 Å². The second-order valence-electron chi connectivity index (χ2n) is 6.10. The number of fused-ring (bicyclic) bond motifs is 1. The van der Waals surface area contributed by atoms with Gasteiger partial charge in [0.2, 0.25) is 0 Å². The highest BCUT2D eigenvalue weighted by atomic mass is 32.1. The Morgan fingerprint density at radius 2 is 2.15 bits per heavy atom. The highest BCUT2D eigenvalue weighted by Crippen LogP contribution is 2.39. The standard InChI is InChI=1S/C17H21N3O5S/c1-22-13-3-2-12(20-5-8-23-9-6-20)15-14(13)18-16(26-15)19-17(21)25-11-4-7-24-10-11/h2-3,11H,4-10H2,1H3,(H,18,19,21). The van der Waals surface area contributed by atoms with Crippen molar-refractivity contribution in [1.82, 2.24) is 4.98 Å². The third-order valence-electron chi connectivity index (χ3n) is 4.43. The van der Waals surface area contributed by atoms with E-state index in [1.165, 1.54) is 11.3 Å². The van der Waals surface area contributed by atoms with Crippen LogP contribution in [0.4, 0.5) is 15.6 Å². The van der Waals surface area contributed by atoms with Crippen LogP contribution in [0.25, 0.3) is 10.2 Å². The summed E-state index contributed by atoms with van der Waals surface area (Å²) in [5.41, 5.74) is 1.81. The second-order valence-corrected chi connectivity index (χ2v) is 7.10. The minimum atomic E-state index is -0.508. The number of nitrogens with zero attached hydrogens (tertiary/aromatic N) is 2. The molecule has 140 valence electrons. The molecule has 2 fully saturated rings. The van der Waals surface area contributed by atoms with Crippen molar-refractivity contribution in [3.63, 3.8) is 0 Å². The fraction of sp³-hybridized carbons (Fsp3) is 0.529. The fourth-order valence-electron chi connectivity index (χ4n) is 3.12. The average molecular weight is 379 g/mol. The van der Waals surface area contributed by atoms with Gasteiger partial charge in [-0.05, 0) is 12.1 Å². The van der Waals surface area contributed by atoms with E-state index in [4.69, 9.17) is 18.9 Å². The summed E-state index contributed by atoms with van der Waals surface area (Å²) in [7, 11) is 1.62. The van der Waals surface area contributed by atoms with Crippen molar-refractivity contribution < 1.29 is 23.7 Å². The Morgan fingerprint density at radius 1 is 1.31 bits per heavy atom. The van der Waals surface area contributed by atoms with Crippen molar-refractivity contribution in [2.24, 2.45) is 0 Å². The number of morpholine rings is 1. The number of anilines is 2. The molecular weight excluding hydrogens is 358 g/mol. The first-order chi connectivity index (χ1) is 12.7. The average Bonchev–Trinajstić information content (AvgIpc) is 3.31. The van der Waals surface area contributed by atoms with E-state index in [1.54, 1.807) is 7.11 Å². The Bertz CT molecular complexity index is 784. The first-order valence-electron chi connectivity index (χ1n) is 8.60. The van der Waals surface area contributed by atoms with E-state index in [1.807, 2.05) is 12.1 Å². The van der Waals surface area contributed by atoms with Gasteiger partial charge in [0.15, 0.2) is 5.13 Å². The van der Waals surface area contributed by atoms with Crippen molar-refractivity contribution in [2.45, 2.75) is 12.5 Å². The molecule has 0 bridgehead atoms. The molecule has 1 amide bonds. The van der Waals surface area contributed by atoms with E-state index in [-0.39, 0.29) is 6.10 Å². The van der Waals surface area contributed by atoms with E-state index in [9.17, 15) is 4.79 Å². The SMILES string of the molecule is COc1ccc(N2CCOCC2)c2sc(NC(=O)OC3CCOC3)nc12. The van der Waals surface area contributed by atoms with Crippen LogP contribution in [-0.4, -0.2) is 63.8 Å². The highest BCUT2D eigenvalue weighted by Gasteiger charge is 2.22. The van der Waals surface area contributed by atoms with Gasteiger partial charge in [0.25, 0.3) is 0 Å². The summed E-state index contributed by atoms with van der Waals surface area (Å²) in [6, 6.07) is 3.94. The summed E-state index contributed by atoms with van der Waals surface area (Å²) in [4.78, 5) is 18.9. The number of carbonyl (C=O) groups excluding carboxylic acids is 1. The Morgan fingerprint density at radius 3 is 2.88 bits per heavy atom. The van der Waals surface area contributed by atoms with E-state index >= 15 is 0 Å². The number of rotatable bonds is 4. The lowest BCUT2D eigenvalue weighted by molar-refractivity contribution is 0.0932. The number of hydrogen-bond acceptors (Lipinski definition) is 8. The second kappa shape index (κ2) is 7.65. The Labute approximate surface area is 155 Å². The molecule has 2 saturated heterocycles. The molecule has 2 aliphatic heterocycles. The normalized spacial score (nSPS) is 20.3. The topological polar surface area (TPSA) is 82.2 Å². The van der Waals surface area contributed by atoms with Crippen molar-refractivity contribution >= 4 is 38.5 Å². The monoisotopic (exact) mass is 379 g/mol. The van der Waals surface area contributed by atoms with Gasteiger partial charge in [-0.3, -0.25) is 5.32 Å². The van der Waals surface area contributed by atoms with Gasteiger partial charge in [0, 0.05) is 19.5 Å². The van der Waals surface area contributed by atoms with Crippen molar-refractivity contribution in [3.05, 3.63) is 12.1 Å². The molecule has 1 unspecified atom stereocenters. The van der Waals surface area contributed by atoms with Crippen LogP contribution in [0, 0.1) is 0 Å². The van der Waals surface area contributed by atoms with Gasteiger partial charge in [0.05, 0.1) is 43.9 Å². The van der Waals surface area contributed by atoms with Crippen LogP contribution in [0.15, 0.2) is 12.1 Å². The predicted molar refractivity (Wildman–Crippen MR) is 98.5 cm³/mol. The van der Waals surface area contributed by atoms with Gasteiger partial charge in [-0.1, -0.05) is 11.3 Å². The summed E-state index contributed by atoms with van der Waals surface area (Å²) in [6.45, 7) is 4.12. The molecule has 8 nitrogen and oxygen atoms in total. The zero-order valence-electron chi connectivity index (χ0n) is 14.5. The summed E-state index contributed by atoms with van der Waals surface area (Å²) >= 11 is 1.42. The first kappa shape index (κ1) is 17.3. The molecule has 0 spiro atoms. The summed E-state index contributed by atoms with van der Waals surface area (Å²) in [6.07, 6.45) is 0.0247. The number of carbonyl (C=O) groups is 1. The predicted octanol–water partition coefficient (Wildman–Crippen LogP) is 2.48. The third-order valence-corrected chi connectivity index (χ3v) is 5.42. The molecule has 9 heteroatoms. The van der Waals surface area contributed by atoms with Crippen molar-refractivity contribution in [1.29, 1.82) is 0 Å². The maximum Gasteiger partial charge on any atom is 0.413 e. The molecule has 2 aromatic rings. The number of ether oxygens (including phenoxy) is 4. The lowest BCUT2D eigenvalue weighted by atomic mass is 10.2. The van der Waals surface area contributed by atoms with Crippen LogP contribution in [0.1, 0.15) is 6.42 Å². The number of hydrogen-bond donors (Lipinski definition) is 1. The molecule has 1 N–H and O–H groups in total. The lowest BCUT2D eigenvalue weighted by Crippen LogP contribution is -2.36. The minimum absolute atomic E-state index is 0.192. The zero-order chi connectivity index (χ0) is 17.9. The Balaban J connectivity index is 1.58. The molecule has 0 aliphatic carbocycles. The maximum atomic E-state index is 12.1. The van der Waals surface area contributed by atoms with Gasteiger partial charge >= 0.3 is 6.09 Å². The van der Waals surface area contributed by atoms with E-state index in [2.05, 4.69) is 15.2 Å². The van der Waals surface area contributed by atoms with Gasteiger partial charge in [-0.15, -0.1) is 0 Å². The Hall–Kier alpha value is -2.10. The maximum absolute atomic E-state index is 12.1. The number of benzene rings is 1. The van der Waals surface area contributed by atoms with Gasteiger partial charge in [0.1, 0.15) is 17.4 Å². The number of amides is 1. The molecule has 1 aromatic heterocycles. The molecule has 26 heavy (non-hydrogen) atoms. The first-order valence-corrected chi connectivity index (χ1v) is 9.42. The summed E-state index contributed by atoms with van der Waals surface area (Å²) in [5, 5.41) is 3.22. The summed E-state index contributed by atoms with van der Waals surface area (Å²) in [5.74, 6) is 0.680. The number of methoxy groups -OCH3 is 1. The fourth-order valence-corrected chi connectivity index (χ4v) is 4.12. The van der Waals surface area contributed by atoms with Crippen LogP contribution < -0.4 is 15.0 Å². The molecule has 4 rings (SSSR count). The quantitative estimate of drug-likeness (QED) is 0.874. The third kappa shape index (κ3) is 3.55. The number of nitrogens with one attached hydrogen (secondary N) is 1. The van der Waals surface area contributed by atoms with E-state index < -0.39 is 6.09 Å². The van der Waals surface area contributed by atoms with E-state index in [0.29, 0.717) is 37.3 Å². The molecule has 2 aliphatic rings. The highest BCUT2D eigenvalue weighted by molar-refractivity contribution is 7.23. The molecule has 0 saturated carbocycles. The zero-order valence-corrected chi connectivity index (χ0v) is 15.3. The van der Waals surface area contributed by atoms with Crippen LogP contribution in [0.3, 0.4) is 0 Å². The molecule has 3 heterocycles. The minimum Gasteiger partial charge on any atom is -0.494 e.